The van der Waals surface area contributed by atoms with Crippen molar-refractivity contribution in [3.05, 3.63) is 0 Å². The highest BCUT2D eigenvalue weighted by atomic mass is 16.5. The number of hydrogen-bond acceptors (Lipinski definition) is 7. The second-order valence-corrected chi connectivity index (χ2v) is 3.99. The average Bonchev–Trinajstić information content (AvgIpc) is 2.36. The summed E-state index contributed by atoms with van der Waals surface area (Å²) in [5, 5.41) is 3.02. The van der Waals surface area contributed by atoms with Gasteiger partial charge in [-0.2, -0.15) is 9.97 Å². The van der Waals surface area contributed by atoms with Crippen LogP contribution in [0.25, 0.3) is 0 Å². The molecule has 0 saturated carbocycles. The van der Waals surface area contributed by atoms with Crippen molar-refractivity contribution in [3.8, 4) is 12.0 Å². The molecule has 0 radical (unpaired) electrons. The van der Waals surface area contributed by atoms with E-state index in [1.807, 2.05) is 20.8 Å². The predicted octanol–water partition coefficient (Wildman–Crippen LogP) is 1.51. The Kier molecular flexibility index (Phi) is 6.88. The molecule has 1 aromatic heterocycles. The summed E-state index contributed by atoms with van der Waals surface area (Å²) in [7, 11) is 1.62. The lowest BCUT2D eigenvalue weighted by Gasteiger charge is -2.13. The van der Waals surface area contributed by atoms with Gasteiger partial charge < -0.3 is 19.5 Å². The Morgan fingerprint density at radius 1 is 1.16 bits per heavy atom. The first-order chi connectivity index (χ1) is 9.19. The van der Waals surface area contributed by atoms with Crippen LogP contribution >= 0.6 is 0 Å². The van der Waals surface area contributed by atoms with Gasteiger partial charge in [-0.25, -0.2) is 0 Å². The highest BCUT2D eigenvalue weighted by molar-refractivity contribution is 5.27. The van der Waals surface area contributed by atoms with Crippen LogP contribution in [0.1, 0.15) is 27.2 Å². The summed E-state index contributed by atoms with van der Waals surface area (Å²) in [6.07, 6.45) is 0.749. The maximum absolute atomic E-state index is 5.56. The summed E-state index contributed by atoms with van der Waals surface area (Å²) in [5.74, 6) is 0.447. The van der Waals surface area contributed by atoms with Gasteiger partial charge in [0.05, 0.1) is 13.2 Å². The lowest BCUT2D eigenvalue weighted by Crippen LogP contribution is -2.20. The fraction of sp³-hybridized carbons (Fsp3) is 0.750. The summed E-state index contributed by atoms with van der Waals surface area (Å²) in [6.45, 7) is 7.60. The van der Waals surface area contributed by atoms with Gasteiger partial charge in [0.2, 0.25) is 5.95 Å². The van der Waals surface area contributed by atoms with Crippen molar-refractivity contribution in [3.63, 3.8) is 0 Å². The van der Waals surface area contributed by atoms with Crippen molar-refractivity contribution in [1.82, 2.24) is 15.0 Å². The lowest BCUT2D eigenvalue weighted by molar-refractivity contribution is 0.0846. The smallest absolute Gasteiger partial charge is 0.324 e. The molecule has 7 nitrogen and oxygen atoms in total. The van der Waals surface area contributed by atoms with E-state index in [2.05, 4.69) is 20.3 Å². The molecule has 0 aliphatic rings. The van der Waals surface area contributed by atoms with Crippen LogP contribution in [-0.2, 0) is 4.74 Å². The van der Waals surface area contributed by atoms with Crippen LogP contribution in [0.2, 0.25) is 0 Å². The summed E-state index contributed by atoms with van der Waals surface area (Å²) in [6, 6.07) is 0.508. The van der Waals surface area contributed by atoms with E-state index in [0.717, 1.165) is 6.42 Å². The van der Waals surface area contributed by atoms with Gasteiger partial charge in [-0.1, -0.05) is 6.92 Å². The Bertz CT molecular complexity index is 376. The van der Waals surface area contributed by atoms with E-state index in [1.54, 1.807) is 7.11 Å². The molecule has 7 heteroatoms. The molecule has 1 heterocycles. The highest BCUT2D eigenvalue weighted by Gasteiger charge is 2.11. The summed E-state index contributed by atoms with van der Waals surface area (Å²) >= 11 is 0. The van der Waals surface area contributed by atoms with Gasteiger partial charge in [0.1, 0.15) is 6.10 Å². The van der Waals surface area contributed by atoms with Crippen LogP contribution < -0.4 is 14.8 Å². The maximum atomic E-state index is 5.56. The van der Waals surface area contributed by atoms with Gasteiger partial charge in [0.25, 0.3) is 0 Å². The lowest BCUT2D eigenvalue weighted by atomic mass is 10.4. The van der Waals surface area contributed by atoms with Gasteiger partial charge >= 0.3 is 12.0 Å². The maximum Gasteiger partial charge on any atom is 0.324 e. The van der Waals surface area contributed by atoms with E-state index in [9.17, 15) is 0 Å². The largest absolute Gasteiger partial charge is 0.463 e. The molecule has 1 rings (SSSR count). The zero-order chi connectivity index (χ0) is 14.1. The van der Waals surface area contributed by atoms with E-state index in [4.69, 9.17) is 14.2 Å². The number of anilines is 1. The van der Waals surface area contributed by atoms with Crippen molar-refractivity contribution in [2.75, 3.05) is 32.2 Å². The standard InChI is InChI=1S/C12H22N4O3/c1-5-7-18-11-14-10(13-6-2)15-12(16-11)19-9(3)8-17-4/h9H,5-8H2,1-4H3,(H,13,14,15,16). The third kappa shape index (κ3) is 5.69. The van der Waals surface area contributed by atoms with Crippen molar-refractivity contribution in [2.24, 2.45) is 0 Å². The minimum atomic E-state index is -0.138. The quantitative estimate of drug-likeness (QED) is 0.728. The van der Waals surface area contributed by atoms with Gasteiger partial charge in [-0.3, -0.25) is 0 Å². The predicted molar refractivity (Wildman–Crippen MR) is 71.7 cm³/mol. The first-order valence-corrected chi connectivity index (χ1v) is 6.47. The van der Waals surface area contributed by atoms with Crippen LogP contribution in [0, 0.1) is 0 Å². The molecule has 19 heavy (non-hydrogen) atoms. The molecule has 0 spiro atoms. The van der Waals surface area contributed by atoms with Crippen LogP contribution in [0.3, 0.4) is 0 Å². The molecule has 108 valence electrons. The molecule has 0 fully saturated rings. The molecule has 0 aromatic carbocycles. The van der Waals surface area contributed by atoms with Gasteiger partial charge in [0, 0.05) is 13.7 Å². The molecule has 1 N–H and O–H groups in total. The number of methoxy groups -OCH3 is 1. The first kappa shape index (κ1) is 15.4. The van der Waals surface area contributed by atoms with Gasteiger partial charge in [-0.05, 0) is 20.3 Å². The number of nitrogens with one attached hydrogen (secondary N) is 1. The molecular formula is C12H22N4O3. The van der Waals surface area contributed by atoms with E-state index in [-0.39, 0.29) is 18.1 Å². The van der Waals surface area contributed by atoms with E-state index < -0.39 is 0 Å². The Labute approximate surface area is 113 Å². The van der Waals surface area contributed by atoms with E-state index in [0.29, 0.717) is 25.7 Å². The van der Waals surface area contributed by atoms with Crippen LogP contribution in [0.4, 0.5) is 5.95 Å². The fourth-order valence-electron chi connectivity index (χ4n) is 1.33. The number of aromatic nitrogens is 3. The molecule has 1 unspecified atom stereocenters. The molecule has 0 aliphatic heterocycles. The summed E-state index contributed by atoms with van der Waals surface area (Å²) in [5.41, 5.74) is 0. The Hall–Kier alpha value is -1.63. The molecule has 0 saturated heterocycles. The molecular weight excluding hydrogens is 248 g/mol. The number of hydrogen-bond donors (Lipinski definition) is 1. The summed E-state index contributed by atoms with van der Waals surface area (Å²) < 4.78 is 16.0. The molecule has 0 bridgehead atoms. The topological polar surface area (TPSA) is 78.4 Å². The zero-order valence-corrected chi connectivity index (χ0v) is 12.0. The molecule has 0 amide bonds. The van der Waals surface area contributed by atoms with Gasteiger partial charge in [0.15, 0.2) is 0 Å². The third-order valence-electron chi connectivity index (χ3n) is 2.07. The van der Waals surface area contributed by atoms with Crippen molar-refractivity contribution < 1.29 is 14.2 Å². The Balaban J connectivity index is 2.79. The zero-order valence-electron chi connectivity index (χ0n) is 12.0. The fourth-order valence-corrected chi connectivity index (χ4v) is 1.33. The minimum absolute atomic E-state index is 0.138. The first-order valence-electron chi connectivity index (χ1n) is 6.47. The van der Waals surface area contributed by atoms with Crippen LogP contribution in [0.5, 0.6) is 12.0 Å². The van der Waals surface area contributed by atoms with Crippen LogP contribution in [-0.4, -0.2) is 47.9 Å². The van der Waals surface area contributed by atoms with Crippen molar-refractivity contribution in [1.29, 1.82) is 0 Å². The Morgan fingerprint density at radius 3 is 2.53 bits per heavy atom. The van der Waals surface area contributed by atoms with Crippen molar-refractivity contribution >= 4 is 5.95 Å². The summed E-state index contributed by atoms with van der Waals surface area (Å²) in [4.78, 5) is 12.4. The number of ether oxygens (including phenoxy) is 3. The van der Waals surface area contributed by atoms with Crippen LogP contribution in [0.15, 0.2) is 0 Å². The average molecular weight is 270 g/mol. The highest BCUT2D eigenvalue weighted by Crippen LogP contribution is 2.14. The number of rotatable bonds is 9. The van der Waals surface area contributed by atoms with E-state index >= 15 is 0 Å². The van der Waals surface area contributed by atoms with E-state index in [1.165, 1.54) is 0 Å². The Morgan fingerprint density at radius 2 is 1.89 bits per heavy atom. The van der Waals surface area contributed by atoms with Crippen molar-refractivity contribution in [2.45, 2.75) is 33.3 Å². The molecule has 1 aromatic rings. The SMILES string of the molecule is CCCOc1nc(NCC)nc(OC(C)COC)n1. The number of nitrogens with zero attached hydrogens (tertiary/aromatic N) is 3. The minimum Gasteiger partial charge on any atom is -0.463 e. The molecule has 1 atom stereocenters. The monoisotopic (exact) mass is 270 g/mol. The second kappa shape index (κ2) is 8.47. The normalized spacial score (nSPS) is 12.0. The van der Waals surface area contributed by atoms with Gasteiger partial charge in [-0.15, -0.1) is 4.98 Å². The third-order valence-corrected chi connectivity index (χ3v) is 2.07. The second-order valence-electron chi connectivity index (χ2n) is 3.99. The molecule has 0 aliphatic carbocycles.